The zero-order chi connectivity index (χ0) is 20.6. The fraction of sp³-hybridized carbons (Fsp3) is 0.182. The molecule has 6 nitrogen and oxygen atoms in total. The van der Waals surface area contributed by atoms with Crippen LogP contribution in [0, 0.1) is 5.92 Å². The molecule has 3 aromatic carbocycles. The number of nitrogens with zero attached hydrogens (tertiary/aromatic N) is 1. The second kappa shape index (κ2) is 7.33. The number of carbonyl (C=O) groups is 2. The van der Waals surface area contributed by atoms with Crippen LogP contribution in [-0.4, -0.2) is 33.0 Å². The predicted octanol–water partition coefficient (Wildman–Crippen LogP) is 3.23. The highest BCUT2D eigenvalue weighted by atomic mass is 32.2. The van der Waals surface area contributed by atoms with E-state index in [9.17, 15) is 18.0 Å². The molecule has 0 aliphatic carbocycles. The average molecular weight is 408 g/mol. The maximum atomic E-state index is 12.7. The van der Waals surface area contributed by atoms with Gasteiger partial charge in [0.15, 0.2) is 9.84 Å². The van der Waals surface area contributed by atoms with Crippen LogP contribution in [-0.2, 0) is 19.4 Å². The van der Waals surface area contributed by atoms with Crippen molar-refractivity contribution in [3.05, 3.63) is 66.7 Å². The number of fused-ring (bicyclic) bond motifs is 1. The van der Waals surface area contributed by atoms with Gasteiger partial charge in [-0.1, -0.05) is 36.4 Å². The van der Waals surface area contributed by atoms with Gasteiger partial charge < -0.3 is 10.2 Å². The third-order valence-electron chi connectivity index (χ3n) is 5.10. The summed E-state index contributed by atoms with van der Waals surface area (Å²) >= 11 is 0. The summed E-state index contributed by atoms with van der Waals surface area (Å²) in [6, 6.07) is 19.6. The van der Waals surface area contributed by atoms with E-state index in [1.165, 1.54) is 12.1 Å². The van der Waals surface area contributed by atoms with Crippen LogP contribution in [0.4, 0.5) is 11.4 Å². The van der Waals surface area contributed by atoms with Crippen LogP contribution in [0.2, 0.25) is 0 Å². The lowest BCUT2D eigenvalue weighted by Crippen LogP contribution is -2.28. The number of hydrogen-bond acceptors (Lipinski definition) is 4. The van der Waals surface area contributed by atoms with Crippen LogP contribution in [0.15, 0.2) is 71.6 Å². The van der Waals surface area contributed by atoms with Crippen molar-refractivity contribution >= 4 is 43.8 Å². The SMILES string of the molecule is CS(=O)(=O)c1ccc(NC(=O)[C@@H]2CC(=O)N(c3cccc4ccccc34)C2)cc1. The van der Waals surface area contributed by atoms with Crippen molar-refractivity contribution in [1.82, 2.24) is 0 Å². The topological polar surface area (TPSA) is 83.5 Å². The van der Waals surface area contributed by atoms with Gasteiger partial charge in [-0.05, 0) is 35.7 Å². The van der Waals surface area contributed by atoms with E-state index in [0.717, 1.165) is 22.7 Å². The van der Waals surface area contributed by atoms with Crippen molar-refractivity contribution < 1.29 is 18.0 Å². The van der Waals surface area contributed by atoms with E-state index >= 15 is 0 Å². The minimum Gasteiger partial charge on any atom is -0.326 e. The van der Waals surface area contributed by atoms with Crippen LogP contribution >= 0.6 is 0 Å². The molecule has 1 fully saturated rings. The first-order chi connectivity index (χ1) is 13.8. The maximum absolute atomic E-state index is 12.7. The lowest BCUT2D eigenvalue weighted by molar-refractivity contribution is -0.122. The molecule has 0 radical (unpaired) electrons. The maximum Gasteiger partial charge on any atom is 0.229 e. The number of nitrogens with one attached hydrogen (secondary N) is 1. The fourth-order valence-corrected chi connectivity index (χ4v) is 4.22. The van der Waals surface area contributed by atoms with Gasteiger partial charge in [0.25, 0.3) is 0 Å². The largest absolute Gasteiger partial charge is 0.326 e. The quantitative estimate of drug-likeness (QED) is 0.718. The first kappa shape index (κ1) is 19.1. The molecule has 1 aliphatic heterocycles. The van der Waals surface area contributed by atoms with E-state index in [0.29, 0.717) is 12.2 Å². The van der Waals surface area contributed by atoms with Gasteiger partial charge in [0, 0.05) is 30.3 Å². The summed E-state index contributed by atoms with van der Waals surface area (Å²) in [6.07, 6.45) is 1.27. The summed E-state index contributed by atoms with van der Waals surface area (Å²) in [5.74, 6) is -0.821. The number of benzene rings is 3. The Hall–Kier alpha value is -3.19. The normalized spacial score (nSPS) is 16.9. The summed E-state index contributed by atoms with van der Waals surface area (Å²) in [5.41, 5.74) is 1.30. The van der Waals surface area contributed by atoms with E-state index in [1.807, 2.05) is 42.5 Å². The predicted molar refractivity (Wildman–Crippen MR) is 113 cm³/mol. The van der Waals surface area contributed by atoms with Gasteiger partial charge in [-0.25, -0.2) is 8.42 Å². The highest BCUT2D eigenvalue weighted by Gasteiger charge is 2.35. The minimum atomic E-state index is -3.29. The summed E-state index contributed by atoms with van der Waals surface area (Å²) in [4.78, 5) is 27.1. The summed E-state index contributed by atoms with van der Waals surface area (Å²) in [5, 5.41) is 4.79. The van der Waals surface area contributed by atoms with Gasteiger partial charge in [-0.15, -0.1) is 0 Å². The molecular weight excluding hydrogens is 388 g/mol. The van der Waals surface area contributed by atoms with Crippen LogP contribution in [0.1, 0.15) is 6.42 Å². The van der Waals surface area contributed by atoms with Crippen molar-refractivity contribution in [2.75, 3.05) is 23.0 Å². The second-order valence-corrected chi connectivity index (χ2v) is 9.21. The van der Waals surface area contributed by atoms with E-state index in [1.54, 1.807) is 17.0 Å². The van der Waals surface area contributed by atoms with Crippen LogP contribution in [0.25, 0.3) is 10.8 Å². The number of carbonyl (C=O) groups excluding carboxylic acids is 2. The van der Waals surface area contributed by atoms with Gasteiger partial charge in [-0.3, -0.25) is 9.59 Å². The fourth-order valence-electron chi connectivity index (χ4n) is 3.59. The molecular formula is C22H20N2O4S. The molecule has 3 aromatic rings. The van der Waals surface area contributed by atoms with Crippen molar-refractivity contribution in [1.29, 1.82) is 0 Å². The van der Waals surface area contributed by atoms with Gasteiger partial charge in [-0.2, -0.15) is 0 Å². The smallest absolute Gasteiger partial charge is 0.229 e. The third kappa shape index (κ3) is 3.86. The molecule has 148 valence electrons. The van der Waals surface area contributed by atoms with E-state index < -0.39 is 15.8 Å². The van der Waals surface area contributed by atoms with E-state index in [4.69, 9.17) is 0 Å². The molecule has 1 saturated heterocycles. The molecule has 29 heavy (non-hydrogen) atoms. The Kier molecular flexibility index (Phi) is 4.84. The first-order valence-electron chi connectivity index (χ1n) is 9.22. The highest BCUT2D eigenvalue weighted by molar-refractivity contribution is 7.90. The zero-order valence-electron chi connectivity index (χ0n) is 15.8. The van der Waals surface area contributed by atoms with Crippen molar-refractivity contribution in [2.45, 2.75) is 11.3 Å². The average Bonchev–Trinajstić information content (AvgIpc) is 3.09. The molecule has 1 heterocycles. The van der Waals surface area contributed by atoms with Crippen LogP contribution in [0.3, 0.4) is 0 Å². The Morgan fingerprint density at radius 3 is 2.41 bits per heavy atom. The number of rotatable bonds is 4. The third-order valence-corrected chi connectivity index (χ3v) is 6.23. The number of amides is 2. The monoisotopic (exact) mass is 408 g/mol. The van der Waals surface area contributed by atoms with Gasteiger partial charge in [0.1, 0.15) is 0 Å². The number of hydrogen-bond donors (Lipinski definition) is 1. The molecule has 0 spiro atoms. The lowest BCUT2D eigenvalue weighted by Gasteiger charge is -2.19. The minimum absolute atomic E-state index is 0.0890. The molecule has 1 atom stereocenters. The second-order valence-electron chi connectivity index (χ2n) is 7.19. The zero-order valence-corrected chi connectivity index (χ0v) is 16.6. The standard InChI is InChI=1S/C22H20N2O4S/c1-29(27,28)18-11-9-17(10-12-18)23-22(26)16-13-21(25)24(14-16)20-8-4-6-15-5-2-3-7-19(15)20/h2-12,16H,13-14H2,1H3,(H,23,26)/t16-/m1/s1. The van der Waals surface area contributed by atoms with Crippen LogP contribution in [0.5, 0.6) is 0 Å². The molecule has 0 saturated carbocycles. The van der Waals surface area contributed by atoms with Crippen molar-refractivity contribution in [3.63, 3.8) is 0 Å². The van der Waals surface area contributed by atoms with Gasteiger partial charge >= 0.3 is 0 Å². The molecule has 1 N–H and O–H groups in total. The Labute approximate surface area is 169 Å². The molecule has 1 aliphatic rings. The van der Waals surface area contributed by atoms with E-state index in [2.05, 4.69) is 5.32 Å². The summed E-state index contributed by atoms with van der Waals surface area (Å²) in [7, 11) is -3.29. The highest BCUT2D eigenvalue weighted by Crippen LogP contribution is 2.32. The van der Waals surface area contributed by atoms with Crippen LogP contribution < -0.4 is 10.2 Å². The van der Waals surface area contributed by atoms with E-state index in [-0.39, 0.29) is 23.1 Å². The molecule has 2 amide bonds. The summed E-state index contributed by atoms with van der Waals surface area (Å²) in [6.45, 7) is 0.306. The number of sulfone groups is 1. The first-order valence-corrected chi connectivity index (χ1v) is 11.1. The Morgan fingerprint density at radius 2 is 1.69 bits per heavy atom. The molecule has 7 heteroatoms. The van der Waals surface area contributed by atoms with Gasteiger partial charge in [0.2, 0.25) is 11.8 Å². The van der Waals surface area contributed by atoms with Crippen molar-refractivity contribution in [2.24, 2.45) is 5.92 Å². The summed E-state index contributed by atoms with van der Waals surface area (Å²) < 4.78 is 23.1. The molecule has 0 aromatic heterocycles. The molecule has 0 unspecified atom stereocenters. The molecule has 0 bridgehead atoms. The Balaban J connectivity index is 1.51. The Bertz CT molecular complexity index is 1200. The van der Waals surface area contributed by atoms with Crippen molar-refractivity contribution in [3.8, 4) is 0 Å². The number of anilines is 2. The molecule has 4 rings (SSSR count). The lowest BCUT2D eigenvalue weighted by atomic mass is 10.1. The van der Waals surface area contributed by atoms with Gasteiger partial charge in [0.05, 0.1) is 16.5 Å². The Morgan fingerprint density at radius 1 is 1.00 bits per heavy atom.